The molecule has 6 heteroatoms. The fraction of sp³-hybridized carbons (Fsp3) is 0.917. The zero-order valence-electron chi connectivity index (χ0n) is 11.0. The van der Waals surface area contributed by atoms with Crippen LogP contribution in [-0.4, -0.2) is 48.6 Å². The topological polar surface area (TPSA) is 63.2 Å². The van der Waals surface area contributed by atoms with Gasteiger partial charge < -0.3 is 23.7 Å². The fourth-order valence-corrected chi connectivity index (χ4v) is 2.64. The van der Waals surface area contributed by atoms with Crippen molar-refractivity contribution in [3.63, 3.8) is 0 Å². The highest BCUT2D eigenvalue weighted by Crippen LogP contribution is 2.39. The monoisotopic (exact) mass is 258 g/mol. The molecule has 0 aromatic rings. The van der Waals surface area contributed by atoms with Crippen LogP contribution in [-0.2, 0) is 28.5 Å². The number of hydrogen-bond acceptors (Lipinski definition) is 6. The molecule has 3 aliphatic heterocycles. The van der Waals surface area contributed by atoms with Crippen LogP contribution in [0.5, 0.6) is 0 Å². The molecule has 102 valence electrons. The van der Waals surface area contributed by atoms with E-state index in [0.29, 0.717) is 6.61 Å². The summed E-state index contributed by atoms with van der Waals surface area (Å²) in [5, 5.41) is 0. The molecule has 3 saturated heterocycles. The maximum Gasteiger partial charge on any atom is 0.338 e. The van der Waals surface area contributed by atoms with E-state index in [2.05, 4.69) is 0 Å². The Bertz CT molecular complexity index is 377. The van der Waals surface area contributed by atoms with Gasteiger partial charge in [-0.2, -0.15) is 0 Å². The molecular weight excluding hydrogens is 240 g/mol. The van der Waals surface area contributed by atoms with Gasteiger partial charge in [0.2, 0.25) is 0 Å². The van der Waals surface area contributed by atoms with Crippen LogP contribution in [0.25, 0.3) is 0 Å². The van der Waals surface area contributed by atoms with Gasteiger partial charge in [-0.3, -0.25) is 0 Å². The summed E-state index contributed by atoms with van der Waals surface area (Å²) in [6.45, 7) is 7.61. The number of fused-ring (bicyclic) bond motifs is 1. The second-order valence-corrected chi connectivity index (χ2v) is 5.79. The van der Waals surface area contributed by atoms with Crippen molar-refractivity contribution in [2.75, 3.05) is 6.61 Å². The van der Waals surface area contributed by atoms with Gasteiger partial charge in [0.25, 0.3) is 0 Å². The van der Waals surface area contributed by atoms with Crippen molar-refractivity contribution in [3.05, 3.63) is 0 Å². The van der Waals surface area contributed by atoms with Gasteiger partial charge in [-0.25, -0.2) is 4.79 Å². The van der Waals surface area contributed by atoms with Gasteiger partial charge in [-0.05, 0) is 27.7 Å². The Morgan fingerprint density at radius 2 is 1.72 bits per heavy atom. The predicted molar refractivity (Wildman–Crippen MR) is 58.6 cm³/mol. The van der Waals surface area contributed by atoms with Crippen molar-refractivity contribution >= 4 is 5.97 Å². The predicted octanol–water partition coefficient (Wildman–Crippen LogP) is 0.583. The van der Waals surface area contributed by atoms with Crippen LogP contribution in [0.2, 0.25) is 0 Å². The van der Waals surface area contributed by atoms with E-state index in [9.17, 15) is 4.79 Å². The molecule has 3 rings (SSSR count). The quantitative estimate of drug-likeness (QED) is 0.641. The molecule has 0 unspecified atom stereocenters. The van der Waals surface area contributed by atoms with Crippen molar-refractivity contribution in [1.29, 1.82) is 0 Å². The van der Waals surface area contributed by atoms with Crippen LogP contribution in [0.3, 0.4) is 0 Å². The summed E-state index contributed by atoms with van der Waals surface area (Å²) in [7, 11) is 0. The lowest BCUT2D eigenvalue weighted by Crippen LogP contribution is -2.40. The molecular formula is C12H18O6. The minimum absolute atomic E-state index is 0.309. The summed E-state index contributed by atoms with van der Waals surface area (Å²) in [4.78, 5) is 11.7. The van der Waals surface area contributed by atoms with Crippen LogP contribution in [0.1, 0.15) is 27.7 Å². The first-order valence-electron chi connectivity index (χ1n) is 6.15. The van der Waals surface area contributed by atoms with Crippen molar-refractivity contribution in [3.8, 4) is 0 Å². The smallest absolute Gasteiger partial charge is 0.338 e. The van der Waals surface area contributed by atoms with Crippen molar-refractivity contribution in [2.24, 2.45) is 0 Å². The number of hydrogen-bond donors (Lipinski definition) is 0. The molecule has 0 radical (unpaired) electrons. The lowest BCUT2D eigenvalue weighted by Gasteiger charge is -2.25. The maximum absolute atomic E-state index is 11.7. The van der Waals surface area contributed by atoms with Crippen LogP contribution < -0.4 is 0 Å². The van der Waals surface area contributed by atoms with E-state index in [-0.39, 0.29) is 12.1 Å². The third kappa shape index (κ3) is 1.93. The molecule has 0 spiro atoms. The average molecular weight is 258 g/mol. The molecule has 0 N–H and O–H groups in total. The molecule has 6 nitrogen and oxygen atoms in total. The van der Waals surface area contributed by atoms with Gasteiger partial charge >= 0.3 is 5.97 Å². The van der Waals surface area contributed by atoms with E-state index in [4.69, 9.17) is 23.7 Å². The van der Waals surface area contributed by atoms with Crippen LogP contribution in [0.15, 0.2) is 0 Å². The molecule has 0 aromatic carbocycles. The summed E-state index contributed by atoms with van der Waals surface area (Å²) in [5.41, 5.74) is 0. The number of carbonyl (C=O) groups is 1. The third-order valence-electron chi connectivity index (χ3n) is 3.33. The first kappa shape index (κ1) is 12.3. The molecule has 0 aromatic heterocycles. The van der Waals surface area contributed by atoms with E-state index < -0.39 is 29.9 Å². The van der Waals surface area contributed by atoms with Crippen molar-refractivity contribution in [1.82, 2.24) is 0 Å². The molecule has 3 aliphatic rings. The van der Waals surface area contributed by atoms with Crippen molar-refractivity contribution in [2.45, 2.75) is 63.7 Å². The van der Waals surface area contributed by atoms with E-state index in [1.807, 2.05) is 13.8 Å². The highest BCUT2D eigenvalue weighted by Gasteiger charge is 2.59. The number of rotatable bonds is 1. The maximum atomic E-state index is 11.7. The van der Waals surface area contributed by atoms with E-state index in [1.165, 1.54) is 0 Å². The fourth-order valence-electron chi connectivity index (χ4n) is 2.64. The zero-order valence-corrected chi connectivity index (χ0v) is 11.0. The Labute approximate surface area is 105 Å². The van der Waals surface area contributed by atoms with Gasteiger partial charge in [-0.15, -0.1) is 0 Å². The van der Waals surface area contributed by atoms with Gasteiger partial charge in [0.15, 0.2) is 23.8 Å². The van der Waals surface area contributed by atoms with Gasteiger partial charge in [-0.1, -0.05) is 0 Å². The van der Waals surface area contributed by atoms with Crippen LogP contribution in [0.4, 0.5) is 0 Å². The van der Waals surface area contributed by atoms with Crippen molar-refractivity contribution < 1.29 is 28.5 Å². The summed E-state index contributed by atoms with van der Waals surface area (Å²) in [6, 6.07) is 0. The Morgan fingerprint density at radius 1 is 1.00 bits per heavy atom. The highest BCUT2D eigenvalue weighted by atomic mass is 16.8. The summed E-state index contributed by atoms with van der Waals surface area (Å²) >= 11 is 0. The van der Waals surface area contributed by atoms with Gasteiger partial charge in [0.05, 0.1) is 6.61 Å². The molecule has 0 bridgehead atoms. The number of cyclic esters (lactones) is 1. The molecule has 18 heavy (non-hydrogen) atoms. The first-order valence-corrected chi connectivity index (χ1v) is 6.15. The normalized spacial score (nSPS) is 45.0. The SMILES string of the molecule is CC1(C)O[C@@H]2[C@@H]([C@H]3COC(C)(C)O3)OC(=O)[C@H]2O1. The molecule has 0 aliphatic carbocycles. The van der Waals surface area contributed by atoms with Crippen LogP contribution >= 0.6 is 0 Å². The Hall–Kier alpha value is -0.690. The van der Waals surface area contributed by atoms with Gasteiger partial charge in [0, 0.05) is 0 Å². The molecule has 3 fully saturated rings. The number of carbonyl (C=O) groups excluding carboxylic acids is 1. The van der Waals surface area contributed by atoms with E-state index >= 15 is 0 Å². The second kappa shape index (κ2) is 3.66. The van der Waals surface area contributed by atoms with E-state index in [0.717, 1.165) is 0 Å². The summed E-state index contributed by atoms with van der Waals surface area (Å²) in [6.07, 6.45) is -1.85. The second-order valence-electron chi connectivity index (χ2n) is 5.79. The minimum Gasteiger partial charge on any atom is -0.455 e. The zero-order chi connectivity index (χ0) is 13.1. The van der Waals surface area contributed by atoms with E-state index in [1.54, 1.807) is 13.8 Å². The average Bonchev–Trinajstić information content (AvgIpc) is 2.81. The first-order chi connectivity index (χ1) is 8.27. The standard InChI is InChI=1S/C12H18O6/c1-11(2)14-5-6(16-11)7-8-9(10(13)15-7)18-12(3,4)17-8/h6-9H,5H2,1-4H3/t6-,7-,8-,9+/m1/s1. The Balaban J connectivity index is 1.77. The molecule has 4 atom stereocenters. The van der Waals surface area contributed by atoms with Crippen LogP contribution in [0, 0.1) is 0 Å². The minimum atomic E-state index is -0.762. The lowest BCUT2D eigenvalue weighted by molar-refractivity contribution is -0.200. The number of ether oxygens (including phenoxy) is 5. The summed E-state index contributed by atoms with van der Waals surface area (Å²) in [5.74, 6) is -1.80. The molecule has 0 amide bonds. The summed E-state index contributed by atoms with van der Waals surface area (Å²) < 4.78 is 27.8. The molecule has 3 heterocycles. The highest BCUT2D eigenvalue weighted by molar-refractivity contribution is 5.78. The Kier molecular flexibility index (Phi) is 2.51. The third-order valence-corrected chi connectivity index (χ3v) is 3.33. The lowest BCUT2D eigenvalue weighted by atomic mass is 10.1. The largest absolute Gasteiger partial charge is 0.455 e. The van der Waals surface area contributed by atoms with Gasteiger partial charge in [0.1, 0.15) is 12.2 Å². The molecule has 0 saturated carbocycles. The number of esters is 1. The Morgan fingerprint density at radius 3 is 2.33 bits per heavy atom.